The number of carbonyl (C=O) groups is 1. The Kier molecular flexibility index (Phi) is 4.02. The molecule has 0 fully saturated rings. The molecule has 4 nitrogen and oxygen atoms in total. The van der Waals surface area contributed by atoms with E-state index in [1.54, 1.807) is 24.4 Å². The summed E-state index contributed by atoms with van der Waals surface area (Å²) >= 11 is 1.53. The maximum Gasteiger partial charge on any atom is 0.354 e. The summed E-state index contributed by atoms with van der Waals surface area (Å²) in [4.78, 5) is 18.8. The lowest BCUT2D eigenvalue weighted by atomic mass is 10.1. The van der Waals surface area contributed by atoms with Crippen LogP contribution >= 0.6 is 11.3 Å². The van der Waals surface area contributed by atoms with Crippen LogP contribution in [0.15, 0.2) is 41.9 Å². The summed E-state index contributed by atoms with van der Waals surface area (Å²) in [7, 11) is 1.34. The van der Waals surface area contributed by atoms with E-state index >= 15 is 0 Å². The molecule has 1 N–H and O–H groups in total. The maximum absolute atomic E-state index is 12.9. The fourth-order valence-corrected chi connectivity index (χ4v) is 2.91. The number of rotatable bonds is 4. The second-order valence-electron chi connectivity index (χ2n) is 4.72. The zero-order valence-corrected chi connectivity index (χ0v) is 12.6. The average Bonchev–Trinajstić information content (AvgIpc) is 3.18. The molecule has 0 unspecified atom stereocenters. The van der Waals surface area contributed by atoms with Gasteiger partial charge in [-0.15, -0.1) is 11.3 Å². The molecule has 0 saturated heterocycles. The smallest absolute Gasteiger partial charge is 0.354 e. The van der Waals surface area contributed by atoms with Crippen LogP contribution in [-0.4, -0.2) is 23.0 Å². The Labute approximate surface area is 130 Å². The number of nitrogens with zero attached hydrogens (tertiary/aromatic N) is 1. The van der Waals surface area contributed by atoms with Crippen LogP contribution in [0.25, 0.3) is 11.3 Å². The number of benzene rings is 1. The van der Waals surface area contributed by atoms with Crippen LogP contribution in [0.4, 0.5) is 4.39 Å². The maximum atomic E-state index is 12.9. The molecule has 0 bridgehead atoms. The van der Waals surface area contributed by atoms with Crippen LogP contribution in [0.2, 0.25) is 0 Å². The Bertz CT molecular complexity index is 793. The number of nitrogens with one attached hydrogen (secondary N) is 1. The van der Waals surface area contributed by atoms with E-state index in [9.17, 15) is 9.18 Å². The van der Waals surface area contributed by atoms with Gasteiger partial charge in [-0.25, -0.2) is 14.2 Å². The van der Waals surface area contributed by atoms with E-state index in [1.807, 2.05) is 5.38 Å². The Hall–Kier alpha value is -2.47. The highest BCUT2D eigenvalue weighted by Gasteiger charge is 2.12. The number of H-pyrrole nitrogens is 1. The van der Waals surface area contributed by atoms with Crippen molar-refractivity contribution >= 4 is 17.3 Å². The molecule has 0 atom stereocenters. The van der Waals surface area contributed by atoms with Crippen molar-refractivity contribution in [3.8, 4) is 11.3 Å². The van der Waals surface area contributed by atoms with Gasteiger partial charge >= 0.3 is 5.97 Å². The van der Waals surface area contributed by atoms with Crippen LogP contribution < -0.4 is 0 Å². The number of methoxy groups -OCH3 is 1. The summed E-state index contributed by atoms with van der Waals surface area (Å²) in [6.45, 7) is 0. The van der Waals surface area contributed by atoms with E-state index < -0.39 is 5.97 Å². The highest BCUT2D eigenvalue weighted by Crippen LogP contribution is 2.24. The number of hydrogen-bond donors (Lipinski definition) is 1. The highest BCUT2D eigenvalue weighted by atomic mass is 32.1. The molecule has 0 spiro atoms. The number of aromatic nitrogens is 2. The van der Waals surface area contributed by atoms with Crippen LogP contribution in [0.3, 0.4) is 0 Å². The van der Waals surface area contributed by atoms with Gasteiger partial charge in [-0.1, -0.05) is 12.1 Å². The third-order valence-electron chi connectivity index (χ3n) is 3.20. The minimum Gasteiger partial charge on any atom is -0.464 e. The van der Waals surface area contributed by atoms with Gasteiger partial charge in [-0.05, 0) is 23.8 Å². The number of hydrogen-bond acceptors (Lipinski definition) is 4. The molecule has 0 aliphatic heterocycles. The van der Waals surface area contributed by atoms with Gasteiger partial charge in [0.2, 0.25) is 0 Å². The molecule has 1 aromatic carbocycles. The Morgan fingerprint density at radius 3 is 2.86 bits per heavy atom. The van der Waals surface area contributed by atoms with Gasteiger partial charge in [-0.2, -0.15) is 0 Å². The van der Waals surface area contributed by atoms with Crippen molar-refractivity contribution in [3.63, 3.8) is 0 Å². The number of carbonyl (C=O) groups excluding carboxylic acids is 1. The molecule has 0 aliphatic carbocycles. The Morgan fingerprint density at radius 2 is 2.14 bits per heavy atom. The third kappa shape index (κ3) is 3.07. The number of thiazole rings is 1. The molecule has 0 radical (unpaired) electrons. The summed E-state index contributed by atoms with van der Waals surface area (Å²) in [5.41, 5.74) is 3.03. The first kappa shape index (κ1) is 14.5. The molecule has 0 aliphatic rings. The normalized spacial score (nSPS) is 10.6. The van der Waals surface area contributed by atoms with Gasteiger partial charge in [0, 0.05) is 23.6 Å². The molecule has 2 aromatic heterocycles. The minimum absolute atomic E-state index is 0.244. The zero-order valence-electron chi connectivity index (χ0n) is 11.8. The van der Waals surface area contributed by atoms with Gasteiger partial charge in [0.15, 0.2) is 0 Å². The molecule has 6 heteroatoms. The largest absolute Gasteiger partial charge is 0.464 e. The molecule has 0 saturated carbocycles. The lowest BCUT2D eigenvalue weighted by Crippen LogP contribution is -2.00. The summed E-state index contributed by atoms with van der Waals surface area (Å²) in [6, 6.07) is 8.10. The quantitative estimate of drug-likeness (QED) is 0.747. The van der Waals surface area contributed by atoms with Crippen LogP contribution in [-0.2, 0) is 11.2 Å². The van der Waals surface area contributed by atoms with Crippen molar-refractivity contribution in [1.82, 2.24) is 9.97 Å². The predicted octanol–water partition coefficient (Wildman–Crippen LogP) is 3.65. The van der Waals surface area contributed by atoms with Crippen molar-refractivity contribution in [2.75, 3.05) is 7.11 Å². The molecule has 22 heavy (non-hydrogen) atoms. The van der Waals surface area contributed by atoms with Crippen molar-refractivity contribution in [2.45, 2.75) is 6.42 Å². The molecule has 3 aromatic rings. The first-order valence-corrected chi connectivity index (χ1v) is 7.49. The van der Waals surface area contributed by atoms with Crippen molar-refractivity contribution in [3.05, 3.63) is 64.0 Å². The molecular weight excluding hydrogens is 303 g/mol. The number of halogens is 1. The van der Waals surface area contributed by atoms with E-state index in [0.717, 1.165) is 21.8 Å². The van der Waals surface area contributed by atoms with Crippen LogP contribution in [0, 0.1) is 5.82 Å². The van der Waals surface area contributed by atoms with Gasteiger partial charge in [-0.3, -0.25) is 0 Å². The lowest BCUT2D eigenvalue weighted by Gasteiger charge is -1.97. The molecular formula is C16H13FN2O2S. The topological polar surface area (TPSA) is 55.0 Å². The standard InChI is InChI=1S/C16H13FN2O2S/c1-21-16(20)13-7-11(8-18-13)14-9-22-15(19-14)6-10-2-4-12(17)5-3-10/h2-5,7-9,18H,6H2,1H3. The van der Waals surface area contributed by atoms with Crippen LogP contribution in [0.5, 0.6) is 0 Å². The number of aromatic amines is 1. The van der Waals surface area contributed by atoms with Crippen molar-refractivity contribution in [2.24, 2.45) is 0 Å². The summed E-state index contributed by atoms with van der Waals surface area (Å²) in [6.07, 6.45) is 2.38. The fourth-order valence-electron chi connectivity index (χ4n) is 2.07. The highest BCUT2D eigenvalue weighted by molar-refractivity contribution is 7.10. The van der Waals surface area contributed by atoms with Crippen molar-refractivity contribution < 1.29 is 13.9 Å². The van der Waals surface area contributed by atoms with Gasteiger partial charge < -0.3 is 9.72 Å². The fraction of sp³-hybridized carbons (Fsp3) is 0.125. The summed E-state index contributed by atoms with van der Waals surface area (Å²) in [5, 5.41) is 2.87. The Morgan fingerprint density at radius 1 is 1.36 bits per heavy atom. The lowest BCUT2D eigenvalue weighted by molar-refractivity contribution is 0.0595. The minimum atomic E-state index is -0.409. The first-order valence-electron chi connectivity index (χ1n) is 6.61. The summed E-state index contributed by atoms with van der Waals surface area (Å²) < 4.78 is 17.6. The Balaban J connectivity index is 1.77. The van der Waals surface area contributed by atoms with Gasteiger partial charge in [0.05, 0.1) is 17.8 Å². The summed E-state index contributed by atoms with van der Waals surface area (Å²) in [5.74, 6) is -0.653. The van der Waals surface area contributed by atoms with E-state index in [2.05, 4.69) is 14.7 Å². The van der Waals surface area contributed by atoms with Gasteiger partial charge in [0.1, 0.15) is 11.5 Å². The second-order valence-corrected chi connectivity index (χ2v) is 5.67. The average molecular weight is 316 g/mol. The van der Waals surface area contributed by atoms with E-state index in [-0.39, 0.29) is 5.82 Å². The second kappa shape index (κ2) is 6.11. The SMILES string of the molecule is COC(=O)c1cc(-c2csc(Cc3ccc(F)cc3)n2)c[nH]1. The first-order chi connectivity index (χ1) is 10.7. The third-order valence-corrected chi connectivity index (χ3v) is 4.05. The van der Waals surface area contributed by atoms with Crippen LogP contribution in [0.1, 0.15) is 21.1 Å². The van der Waals surface area contributed by atoms with E-state index in [0.29, 0.717) is 12.1 Å². The number of ether oxygens (including phenoxy) is 1. The molecule has 0 amide bonds. The van der Waals surface area contributed by atoms with Gasteiger partial charge in [0.25, 0.3) is 0 Å². The number of esters is 1. The van der Waals surface area contributed by atoms with Crippen molar-refractivity contribution in [1.29, 1.82) is 0 Å². The molecule has 3 rings (SSSR count). The monoisotopic (exact) mass is 316 g/mol. The predicted molar refractivity (Wildman–Crippen MR) is 82.4 cm³/mol. The van der Waals surface area contributed by atoms with E-state index in [1.165, 1.54) is 30.6 Å². The molecule has 2 heterocycles. The molecule has 112 valence electrons. The zero-order chi connectivity index (χ0) is 15.5. The van der Waals surface area contributed by atoms with E-state index in [4.69, 9.17) is 0 Å².